The van der Waals surface area contributed by atoms with Crippen molar-refractivity contribution in [3.05, 3.63) is 38.8 Å². The van der Waals surface area contributed by atoms with E-state index in [0.29, 0.717) is 12.4 Å². The summed E-state index contributed by atoms with van der Waals surface area (Å²) in [7, 11) is 0. The molecule has 0 fully saturated rings. The highest BCUT2D eigenvalue weighted by atomic mass is 32.1. The standard InChI is InChI=1S/C13H18N4OS/c1-9-10(19-8-16-9)7-15-11-12(18)17(6-5-14-11)13(2,3)4/h5-6,8H,7H2,1-4H3,(H,14,15). The Balaban J connectivity index is 2.23. The SMILES string of the molecule is Cc1ncsc1CNc1nccn(C(C)(C)C)c1=O. The Morgan fingerprint density at radius 1 is 1.37 bits per heavy atom. The summed E-state index contributed by atoms with van der Waals surface area (Å²) in [6.07, 6.45) is 3.36. The molecule has 0 aromatic carbocycles. The second kappa shape index (κ2) is 5.13. The van der Waals surface area contributed by atoms with E-state index >= 15 is 0 Å². The third-order valence-electron chi connectivity index (χ3n) is 2.82. The first-order valence-electron chi connectivity index (χ1n) is 6.10. The molecule has 5 nitrogen and oxygen atoms in total. The van der Waals surface area contributed by atoms with Crippen molar-refractivity contribution in [1.82, 2.24) is 14.5 Å². The molecule has 0 atom stereocenters. The van der Waals surface area contributed by atoms with Crippen LogP contribution in [0.15, 0.2) is 22.7 Å². The van der Waals surface area contributed by atoms with Crippen LogP contribution in [0.1, 0.15) is 31.3 Å². The fraction of sp³-hybridized carbons (Fsp3) is 0.462. The van der Waals surface area contributed by atoms with E-state index in [2.05, 4.69) is 15.3 Å². The van der Waals surface area contributed by atoms with Gasteiger partial charge in [0.15, 0.2) is 5.82 Å². The Hall–Kier alpha value is -1.69. The summed E-state index contributed by atoms with van der Waals surface area (Å²) in [6.45, 7) is 8.51. The first kappa shape index (κ1) is 13.7. The average molecular weight is 278 g/mol. The van der Waals surface area contributed by atoms with E-state index in [1.807, 2.05) is 27.7 Å². The van der Waals surface area contributed by atoms with E-state index in [1.165, 1.54) is 0 Å². The molecule has 2 aromatic heterocycles. The molecule has 2 rings (SSSR count). The highest BCUT2D eigenvalue weighted by molar-refractivity contribution is 7.09. The van der Waals surface area contributed by atoms with Gasteiger partial charge in [0, 0.05) is 22.8 Å². The summed E-state index contributed by atoms with van der Waals surface area (Å²) in [6, 6.07) is 0. The molecule has 6 heteroatoms. The minimum atomic E-state index is -0.253. The van der Waals surface area contributed by atoms with Crippen LogP contribution in [0, 0.1) is 6.92 Å². The molecule has 0 aliphatic heterocycles. The van der Waals surface area contributed by atoms with Gasteiger partial charge in [0.05, 0.1) is 17.7 Å². The topological polar surface area (TPSA) is 59.8 Å². The number of rotatable bonds is 3. The highest BCUT2D eigenvalue weighted by Gasteiger charge is 2.16. The van der Waals surface area contributed by atoms with E-state index < -0.39 is 0 Å². The van der Waals surface area contributed by atoms with Crippen molar-refractivity contribution in [2.75, 3.05) is 5.32 Å². The Morgan fingerprint density at radius 2 is 2.11 bits per heavy atom. The smallest absolute Gasteiger partial charge is 0.293 e. The predicted molar refractivity (Wildman–Crippen MR) is 77.7 cm³/mol. The number of anilines is 1. The van der Waals surface area contributed by atoms with Crippen LogP contribution in [0.25, 0.3) is 0 Å². The van der Waals surface area contributed by atoms with Crippen molar-refractivity contribution in [1.29, 1.82) is 0 Å². The van der Waals surface area contributed by atoms with Crippen LogP contribution in [0.2, 0.25) is 0 Å². The van der Waals surface area contributed by atoms with E-state index in [-0.39, 0.29) is 11.1 Å². The molecule has 19 heavy (non-hydrogen) atoms. The van der Waals surface area contributed by atoms with Gasteiger partial charge >= 0.3 is 0 Å². The fourth-order valence-corrected chi connectivity index (χ4v) is 2.44. The zero-order valence-corrected chi connectivity index (χ0v) is 12.4. The maximum atomic E-state index is 12.3. The van der Waals surface area contributed by atoms with E-state index in [1.54, 1.807) is 33.8 Å². The van der Waals surface area contributed by atoms with E-state index in [0.717, 1.165) is 10.6 Å². The van der Waals surface area contributed by atoms with Gasteiger partial charge in [0.2, 0.25) is 0 Å². The van der Waals surface area contributed by atoms with Crippen molar-refractivity contribution in [2.24, 2.45) is 0 Å². The molecular formula is C13H18N4OS. The summed E-state index contributed by atoms with van der Waals surface area (Å²) < 4.78 is 1.68. The lowest BCUT2D eigenvalue weighted by molar-refractivity contribution is 0.383. The highest BCUT2D eigenvalue weighted by Crippen LogP contribution is 2.14. The number of thiazole rings is 1. The van der Waals surface area contributed by atoms with Crippen LogP contribution < -0.4 is 10.9 Å². The van der Waals surface area contributed by atoms with Gasteiger partial charge < -0.3 is 9.88 Å². The minimum absolute atomic E-state index is 0.0998. The summed E-state index contributed by atoms with van der Waals surface area (Å²) in [5, 5.41) is 3.09. The number of nitrogens with zero attached hydrogens (tertiary/aromatic N) is 3. The molecule has 0 saturated heterocycles. The van der Waals surface area contributed by atoms with Crippen LogP contribution >= 0.6 is 11.3 Å². The first-order valence-corrected chi connectivity index (χ1v) is 6.98. The van der Waals surface area contributed by atoms with Gasteiger partial charge in [-0.25, -0.2) is 9.97 Å². The Morgan fingerprint density at radius 3 is 2.68 bits per heavy atom. The summed E-state index contributed by atoms with van der Waals surface area (Å²) in [5.41, 5.74) is 2.44. The number of aryl methyl sites for hydroxylation is 1. The second-order valence-corrected chi connectivity index (χ2v) is 6.28. The third-order valence-corrected chi connectivity index (χ3v) is 3.76. The van der Waals surface area contributed by atoms with Crippen molar-refractivity contribution >= 4 is 17.2 Å². The minimum Gasteiger partial charge on any atom is -0.361 e. The number of hydrogen-bond donors (Lipinski definition) is 1. The van der Waals surface area contributed by atoms with Crippen molar-refractivity contribution in [3.63, 3.8) is 0 Å². The molecule has 0 radical (unpaired) electrons. The third kappa shape index (κ3) is 3.01. The van der Waals surface area contributed by atoms with Crippen molar-refractivity contribution in [3.8, 4) is 0 Å². The largest absolute Gasteiger partial charge is 0.361 e. The fourth-order valence-electron chi connectivity index (χ4n) is 1.72. The van der Waals surface area contributed by atoms with Crippen LogP contribution in [0.5, 0.6) is 0 Å². The van der Waals surface area contributed by atoms with Crippen LogP contribution in [0.3, 0.4) is 0 Å². The predicted octanol–water partition coefficient (Wildman–Crippen LogP) is 2.38. The molecule has 2 aromatic rings. The molecule has 1 N–H and O–H groups in total. The molecule has 102 valence electrons. The Labute approximate surface area is 116 Å². The van der Waals surface area contributed by atoms with E-state index in [9.17, 15) is 4.79 Å². The van der Waals surface area contributed by atoms with Gasteiger partial charge in [-0.15, -0.1) is 11.3 Å². The van der Waals surface area contributed by atoms with Gasteiger partial charge in [-0.05, 0) is 27.7 Å². The number of aromatic nitrogens is 3. The molecule has 0 spiro atoms. The maximum absolute atomic E-state index is 12.3. The second-order valence-electron chi connectivity index (χ2n) is 5.34. The molecule has 0 saturated carbocycles. The zero-order valence-electron chi connectivity index (χ0n) is 11.6. The average Bonchev–Trinajstić information content (AvgIpc) is 2.72. The Kier molecular flexibility index (Phi) is 3.71. The van der Waals surface area contributed by atoms with Crippen molar-refractivity contribution < 1.29 is 0 Å². The molecule has 2 heterocycles. The molecule has 0 amide bonds. The van der Waals surface area contributed by atoms with Crippen LogP contribution in [-0.4, -0.2) is 14.5 Å². The first-order chi connectivity index (χ1) is 8.89. The van der Waals surface area contributed by atoms with Gasteiger partial charge in [-0.2, -0.15) is 0 Å². The zero-order chi connectivity index (χ0) is 14.0. The number of hydrogen-bond acceptors (Lipinski definition) is 5. The van der Waals surface area contributed by atoms with Gasteiger partial charge in [0.1, 0.15) is 0 Å². The molecule has 0 aliphatic carbocycles. The van der Waals surface area contributed by atoms with Crippen LogP contribution in [-0.2, 0) is 12.1 Å². The lowest BCUT2D eigenvalue weighted by Gasteiger charge is -2.22. The summed E-state index contributed by atoms with van der Waals surface area (Å²) in [4.78, 5) is 21.7. The molecular weight excluding hydrogens is 260 g/mol. The maximum Gasteiger partial charge on any atom is 0.293 e. The molecule has 0 aliphatic rings. The van der Waals surface area contributed by atoms with Gasteiger partial charge in [-0.3, -0.25) is 4.79 Å². The monoisotopic (exact) mass is 278 g/mol. The number of nitrogens with one attached hydrogen (secondary N) is 1. The van der Waals surface area contributed by atoms with Crippen LogP contribution in [0.4, 0.5) is 5.82 Å². The van der Waals surface area contributed by atoms with Gasteiger partial charge in [-0.1, -0.05) is 0 Å². The normalized spacial score (nSPS) is 11.6. The lowest BCUT2D eigenvalue weighted by Crippen LogP contribution is -2.35. The van der Waals surface area contributed by atoms with Crippen molar-refractivity contribution in [2.45, 2.75) is 39.8 Å². The van der Waals surface area contributed by atoms with Gasteiger partial charge in [0.25, 0.3) is 5.56 Å². The molecule has 0 bridgehead atoms. The summed E-state index contributed by atoms with van der Waals surface area (Å²) in [5.74, 6) is 0.380. The van der Waals surface area contributed by atoms with E-state index in [4.69, 9.17) is 0 Å². The molecule has 0 unspecified atom stereocenters. The lowest BCUT2D eigenvalue weighted by atomic mass is 10.1. The Bertz CT molecular complexity index is 624. The quantitative estimate of drug-likeness (QED) is 0.936. The summed E-state index contributed by atoms with van der Waals surface area (Å²) >= 11 is 1.57.